The Balaban J connectivity index is 2.52. The maximum Gasteiger partial charge on any atom is 0.288 e. The first-order valence-electron chi connectivity index (χ1n) is 9.32. The number of hydrogen-bond acceptors (Lipinski definition) is 10. The van der Waals surface area contributed by atoms with Crippen LogP contribution in [0, 0.1) is 26.0 Å². The van der Waals surface area contributed by atoms with E-state index in [-0.39, 0.29) is 17.0 Å². The van der Waals surface area contributed by atoms with E-state index < -0.39 is 76.5 Å². The van der Waals surface area contributed by atoms with Gasteiger partial charge in [0.05, 0.1) is 22.4 Å². The maximum absolute atomic E-state index is 14.6. The summed E-state index contributed by atoms with van der Waals surface area (Å²) < 4.78 is 71.7. The summed E-state index contributed by atoms with van der Waals surface area (Å²) in [5.41, 5.74) is -1.81. The number of nitrogens with zero attached hydrogens (tertiary/aromatic N) is 2. The highest BCUT2D eigenvalue weighted by molar-refractivity contribution is 7.86. The molecule has 2 atom stereocenters. The number of nitro groups is 2. The molecule has 0 fully saturated rings. The zero-order valence-electron chi connectivity index (χ0n) is 17.9. The molecule has 2 aromatic carbocycles. The van der Waals surface area contributed by atoms with Gasteiger partial charge in [0, 0.05) is 17.7 Å². The third-order valence-corrected chi connectivity index (χ3v) is 6.21. The maximum atomic E-state index is 14.6. The Kier molecular flexibility index (Phi) is 9.13. The van der Waals surface area contributed by atoms with Crippen LogP contribution in [0.15, 0.2) is 30.3 Å². The molecule has 0 aliphatic carbocycles. The summed E-state index contributed by atoms with van der Waals surface area (Å²) in [6, 6.07) is 4.68. The van der Waals surface area contributed by atoms with E-state index in [0.717, 1.165) is 18.4 Å². The standard InChI is InChI=1S/C18H17Cl2FN2O10S2/c1-34(28,29)32-17(10-3-4-12(19)15(7-10)22(24)25)5-6-18(33-35(2,30)31)11-8-16(23(26)27)13(20)9-14(11)21/h3-4,7-9,17-18H,5-6H2,1-2H3/t17-,18-/m0/s1. The Labute approximate surface area is 209 Å². The normalized spacial score (nSPS) is 13.9. The van der Waals surface area contributed by atoms with Crippen molar-refractivity contribution in [3.8, 4) is 0 Å². The summed E-state index contributed by atoms with van der Waals surface area (Å²) in [5, 5.41) is 21.6. The second-order valence-electron chi connectivity index (χ2n) is 7.21. The van der Waals surface area contributed by atoms with E-state index in [0.29, 0.717) is 18.4 Å². The summed E-state index contributed by atoms with van der Waals surface area (Å²) in [6.45, 7) is 0. The molecular formula is C18H17Cl2FN2O10S2. The molecule has 0 radical (unpaired) electrons. The Morgan fingerprint density at radius 3 is 1.86 bits per heavy atom. The van der Waals surface area contributed by atoms with Gasteiger partial charge in [-0.2, -0.15) is 16.8 Å². The molecule has 0 N–H and O–H groups in total. The fraction of sp³-hybridized carbons (Fsp3) is 0.333. The Morgan fingerprint density at radius 2 is 1.34 bits per heavy atom. The highest BCUT2D eigenvalue weighted by atomic mass is 35.5. The number of nitro benzene ring substituents is 2. The molecule has 0 saturated heterocycles. The Morgan fingerprint density at radius 1 is 0.857 bits per heavy atom. The fourth-order valence-electron chi connectivity index (χ4n) is 3.06. The summed E-state index contributed by atoms with van der Waals surface area (Å²) in [7, 11) is -8.37. The van der Waals surface area contributed by atoms with Gasteiger partial charge >= 0.3 is 0 Å². The molecular weight excluding hydrogens is 558 g/mol. The monoisotopic (exact) mass is 574 g/mol. The number of halogens is 3. The van der Waals surface area contributed by atoms with Gasteiger partial charge in [-0.05, 0) is 30.5 Å². The van der Waals surface area contributed by atoms with Gasteiger partial charge < -0.3 is 0 Å². The van der Waals surface area contributed by atoms with Gasteiger partial charge in [-0.15, -0.1) is 0 Å². The molecule has 0 unspecified atom stereocenters. The van der Waals surface area contributed by atoms with Gasteiger partial charge in [0.1, 0.15) is 28.1 Å². The van der Waals surface area contributed by atoms with E-state index in [1.54, 1.807) is 0 Å². The van der Waals surface area contributed by atoms with Crippen LogP contribution in [-0.4, -0.2) is 39.2 Å². The lowest BCUT2D eigenvalue weighted by Crippen LogP contribution is -2.16. The van der Waals surface area contributed by atoms with Crippen LogP contribution in [0.5, 0.6) is 0 Å². The molecule has 0 bridgehead atoms. The number of benzene rings is 2. The zero-order valence-corrected chi connectivity index (χ0v) is 21.0. The van der Waals surface area contributed by atoms with Crippen LogP contribution in [0.3, 0.4) is 0 Å². The van der Waals surface area contributed by atoms with Crippen LogP contribution in [0.4, 0.5) is 15.8 Å². The first-order chi connectivity index (χ1) is 16.0. The third kappa shape index (κ3) is 8.33. The minimum absolute atomic E-state index is 0.00723. The van der Waals surface area contributed by atoms with Gasteiger partial charge in [0.15, 0.2) is 0 Å². The van der Waals surface area contributed by atoms with Crippen LogP contribution in [-0.2, 0) is 28.6 Å². The molecule has 0 heterocycles. The van der Waals surface area contributed by atoms with Crippen molar-refractivity contribution < 1.29 is 39.4 Å². The van der Waals surface area contributed by atoms with E-state index in [2.05, 4.69) is 0 Å². The van der Waals surface area contributed by atoms with Crippen molar-refractivity contribution in [1.29, 1.82) is 0 Å². The Bertz CT molecular complexity index is 1370. The topological polar surface area (TPSA) is 173 Å². The molecule has 192 valence electrons. The van der Waals surface area contributed by atoms with Crippen molar-refractivity contribution in [1.82, 2.24) is 0 Å². The van der Waals surface area contributed by atoms with E-state index in [1.165, 1.54) is 6.07 Å². The van der Waals surface area contributed by atoms with Crippen LogP contribution in [0.25, 0.3) is 0 Å². The van der Waals surface area contributed by atoms with E-state index >= 15 is 0 Å². The molecule has 12 nitrogen and oxygen atoms in total. The van der Waals surface area contributed by atoms with E-state index in [9.17, 15) is 41.5 Å². The Hall–Kier alpha value is -2.43. The fourth-order valence-corrected chi connectivity index (χ4v) is 4.72. The molecule has 0 aliphatic rings. The highest BCUT2D eigenvalue weighted by Crippen LogP contribution is 2.38. The molecule has 0 aliphatic heterocycles. The van der Waals surface area contributed by atoms with Crippen molar-refractivity contribution in [2.75, 3.05) is 12.5 Å². The summed E-state index contributed by atoms with van der Waals surface area (Å²) in [5.74, 6) is -1.11. The van der Waals surface area contributed by atoms with Gasteiger partial charge in [-0.1, -0.05) is 29.3 Å². The predicted molar refractivity (Wildman–Crippen MR) is 123 cm³/mol. The number of rotatable bonds is 11. The quantitative estimate of drug-likeness (QED) is 0.211. The van der Waals surface area contributed by atoms with Gasteiger partial charge in [0.2, 0.25) is 0 Å². The largest absolute Gasteiger partial charge is 0.288 e. The minimum atomic E-state index is -4.24. The first-order valence-corrected chi connectivity index (χ1v) is 13.7. The summed E-state index contributed by atoms with van der Waals surface area (Å²) in [6.07, 6.45) is -2.50. The SMILES string of the molecule is CS(=O)(=O)O[C@@H](CC[C@H](OS(C)(=O)=O)c1cc([N+](=O)[O-])c(Cl)cc1F)c1ccc(Cl)c([N+](=O)[O-])c1. The second kappa shape index (κ2) is 11.1. The average molecular weight is 575 g/mol. The van der Waals surface area contributed by atoms with Gasteiger partial charge in [-0.3, -0.25) is 28.6 Å². The second-order valence-corrected chi connectivity index (χ2v) is 11.2. The van der Waals surface area contributed by atoms with Crippen molar-refractivity contribution in [3.63, 3.8) is 0 Å². The summed E-state index contributed by atoms with van der Waals surface area (Å²) >= 11 is 11.5. The van der Waals surface area contributed by atoms with Crippen molar-refractivity contribution >= 4 is 54.8 Å². The highest BCUT2D eigenvalue weighted by Gasteiger charge is 2.29. The van der Waals surface area contributed by atoms with Crippen LogP contribution in [0.1, 0.15) is 36.2 Å². The zero-order chi connectivity index (χ0) is 26.7. The van der Waals surface area contributed by atoms with Crippen molar-refractivity contribution in [2.24, 2.45) is 0 Å². The smallest absolute Gasteiger partial charge is 0.262 e. The predicted octanol–water partition coefficient (Wildman–Crippen LogP) is 4.46. The molecule has 0 amide bonds. The van der Waals surface area contributed by atoms with Crippen LogP contribution in [0.2, 0.25) is 10.0 Å². The van der Waals surface area contributed by atoms with E-state index in [4.69, 9.17) is 31.6 Å². The number of hydrogen-bond donors (Lipinski definition) is 0. The lowest BCUT2D eigenvalue weighted by Gasteiger charge is -2.21. The van der Waals surface area contributed by atoms with Crippen LogP contribution < -0.4 is 0 Å². The molecule has 17 heteroatoms. The molecule has 2 aromatic rings. The average Bonchev–Trinajstić information content (AvgIpc) is 2.68. The summed E-state index contributed by atoms with van der Waals surface area (Å²) in [4.78, 5) is 20.7. The van der Waals surface area contributed by atoms with Crippen molar-refractivity contribution in [3.05, 3.63) is 77.5 Å². The van der Waals surface area contributed by atoms with Gasteiger partial charge in [-0.25, -0.2) is 4.39 Å². The van der Waals surface area contributed by atoms with Gasteiger partial charge in [0.25, 0.3) is 31.6 Å². The van der Waals surface area contributed by atoms with Crippen molar-refractivity contribution in [2.45, 2.75) is 25.0 Å². The first kappa shape index (κ1) is 28.8. The molecule has 0 aromatic heterocycles. The molecule has 0 spiro atoms. The lowest BCUT2D eigenvalue weighted by molar-refractivity contribution is -0.385. The van der Waals surface area contributed by atoms with E-state index in [1.807, 2.05) is 0 Å². The molecule has 2 rings (SSSR count). The molecule has 35 heavy (non-hydrogen) atoms. The minimum Gasteiger partial charge on any atom is -0.262 e. The third-order valence-electron chi connectivity index (χ3n) is 4.42. The van der Waals surface area contributed by atoms with Crippen LogP contribution >= 0.6 is 23.2 Å². The molecule has 0 saturated carbocycles. The lowest BCUT2D eigenvalue weighted by atomic mass is 9.98.